The van der Waals surface area contributed by atoms with Crippen LogP contribution in [0.15, 0.2) is 48.5 Å². The standard InChI is InChI=1S/C25H25ClN4O3/c1-16-21(23-29(13-14-30(23)28-16)15-17-3-9-20(26)10-4-17)22(31)27-25(11-12-25)19-7-5-18(6-8-19)24(32)33-2/h3-10H,11-15H2,1-2H3,(H,27,31). The monoisotopic (exact) mass is 464 g/mol. The minimum absolute atomic E-state index is 0.119. The van der Waals surface area contributed by atoms with Gasteiger partial charge in [0.1, 0.15) is 11.4 Å². The maximum absolute atomic E-state index is 13.5. The fourth-order valence-corrected chi connectivity index (χ4v) is 4.66. The molecule has 0 radical (unpaired) electrons. The van der Waals surface area contributed by atoms with Crippen molar-refractivity contribution >= 4 is 29.3 Å². The fraction of sp³-hybridized carbons (Fsp3) is 0.320. The highest BCUT2D eigenvalue weighted by atomic mass is 35.5. The number of aromatic nitrogens is 2. The lowest BCUT2D eigenvalue weighted by atomic mass is 10.0. The van der Waals surface area contributed by atoms with E-state index in [4.69, 9.17) is 16.3 Å². The Morgan fingerprint density at radius 2 is 1.79 bits per heavy atom. The number of hydrogen-bond donors (Lipinski definition) is 1. The van der Waals surface area contributed by atoms with Gasteiger partial charge >= 0.3 is 5.97 Å². The summed E-state index contributed by atoms with van der Waals surface area (Å²) in [7, 11) is 1.36. The number of benzene rings is 2. The van der Waals surface area contributed by atoms with Crippen molar-refractivity contribution in [2.45, 2.75) is 38.4 Å². The summed E-state index contributed by atoms with van der Waals surface area (Å²) in [6.07, 6.45) is 1.71. The van der Waals surface area contributed by atoms with E-state index in [1.54, 1.807) is 12.1 Å². The molecule has 0 unspecified atom stereocenters. The lowest BCUT2D eigenvalue weighted by molar-refractivity contribution is 0.0600. The molecule has 0 atom stereocenters. The number of halogens is 1. The van der Waals surface area contributed by atoms with Crippen LogP contribution in [-0.2, 0) is 23.4 Å². The summed E-state index contributed by atoms with van der Waals surface area (Å²) >= 11 is 6.03. The summed E-state index contributed by atoms with van der Waals surface area (Å²) in [5.74, 6) is 0.366. The molecular weight excluding hydrogens is 440 g/mol. The third kappa shape index (κ3) is 3.97. The van der Waals surface area contributed by atoms with Crippen molar-refractivity contribution in [3.8, 4) is 0 Å². The second kappa shape index (κ2) is 8.23. The first kappa shape index (κ1) is 21.5. The molecule has 2 aromatic carbocycles. The Morgan fingerprint density at radius 1 is 1.09 bits per heavy atom. The molecule has 1 saturated carbocycles. The van der Waals surface area contributed by atoms with Gasteiger partial charge in [-0.3, -0.25) is 4.79 Å². The second-order valence-electron chi connectivity index (χ2n) is 8.66. The summed E-state index contributed by atoms with van der Waals surface area (Å²) in [6.45, 7) is 4.11. The van der Waals surface area contributed by atoms with Crippen molar-refractivity contribution in [2.75, 3.05) is 18.6 Å². The Balaban J connectivity index is 1.38. The van der Waals surface area contributed by atoms with Gasteiger partial charge in [-0.25, -0.2) is 9.48 Å². The van der Waals surface area contributed by atoms with Gasteiger partial charge in [-0.15, -0.1) is 0 Å². The van der Waals surface area contributed by atoms with Crippen molar-refractivity contribution < 1.29 is 14.3 Å². The molecule has 0 spiro atoms. The maximum atomic E-state index is 13.5. The lowest BCUT2D eigenvalue weighted by Gasteiger charge is -2.22. The van der Waals surface area contributed by atoms with Crippen LogP contribution in [0, 0.1) is 6.92 Å². The minimum Gasteiger partial charge on any atom is -0.465 e. The van der Waals surface area contributed by atoms with Crippen LogP contribution in [0.4, 0.5) is 5.82 Å². The van der Waals surface area contributed by atoms with Gasteiger partial charge in [0.2, 0.25) is 0 Å². The summed E-state index contributed by atoms with van der Waals surface area (Å²) in [5, 5.41) is 8.59. The molecule has 2 heterocycles. The van der Waals surface area contributed by atoms with E-state index in [1.165, 1.54) is 7.11 Å². The van der Waals surface area contributed by atoms with Crippen molar-refractivity contribution in [1.29, 1.82) is 0 Å². The number of hydrogen-bond acceptors (Lipinski definition) is 5. The largest absolute Gasteiger partial charge is 0.465 e. The third-order valence-electron chi connectivity index (χ3n) is 6.46. The van der Waals surface area contributed by atoms with E-state index in [-0.39, 0.29) is 11.9 Å². The van der Waals surface area contributed by atoms with E-state index >= 15 is 0 Å². The molecule has 0 bridgehead atoms. The number of fused-ring (bicyclic) bond motifs is 1. The molecule has 1 amide bonds. The van der Waals surface area contributed by atoms with Crippen LogP contribution in [0.2, 0.25) is 5.02 Å². The van der Waals surface area contributed by atoms with Gasteiger partial charge in [0.25, 0.3) is 5.91 Å². The molecule has 1 aromatic heterocycles. The number of nitrogens with one attached hydrogen (secondary N) is 1. The molecule has 1 aliphatic carbocycles. The molecule has 3 aromatic rings. The number of carbonyl (C=O) groups excluding carboxylic acids is 2. The first-order valence-electron chi connectivity index (χ1n) is 11.0. The van der Waals surface area contributed by atoms with Crippen LogP contribution in [0.1, 0.15) is 50.4 Å². The number of anilines is 1. The maximum Gasteiger partial charge on any atom is 0.337 e. The molecule has 33 heavy (non-hydrogen) atoms. The fourth-order valence-electron chi connectivity index (χ4n) is 4.53. The van der Waals surface area contributed by atoms with Gasteiger partial charge in [0.05, 0.1) is 30.5 Å². The van der Waals surface area contributed by atoms with Crippen molar-refractivity contribution in [3.05, 3.63) is 81.5 Å². The van der Waals surface area contributed by atoms with E-state index in [1.807, 2.05) is 48.0 Å². The smallest absolute Gasteiger partial charge is 0.337 e. The zero-order valence-corrected chi connectivity index (χ0v) is 19.4. The van der Waals surface area contributed by atoms with Gasteiger partial charge in [-0.1, -0.05) is 35.9 Å². The van der Waals surface area contributed by atoms with E-state index in [0.717, 1.165) is 48.6 Å². The summed E-state index contributed by atoms with van der Waals surface area (Å²) in [5.41, 5.74) is 3.54. The first-order valence-corrected chi connectivity index (χ1v) is 11.4. The first-order chi connectivity index (χ1) is 15.9. The van der Waals surface area contributed by atoms with Gasteiger partial charge in [-0.2, -0.15) is 5.10 Å². The van der Waals surface area contributed by atoms with Crippen LogP contribution < -0.4 is 10.2 Å². The zero-order chi connectivity index (χ0) is 23.2. The molecule has 2 aliphatic rings. The Morgan fingerprint density at radius 3 is 2.42 bits per heavy atom. The van der Waals surface area contributed by atoms with Crippen molar-refractivity contribution in [3.63, 3.8) is 0 Å². The minimum atomic E-state index is -0.410. The Bertz CT molecular complexity index is 1210. The highest BCUT2D eigenvalue weighted by molar-refractivity contribution is 6.30. The number of rotatable bonds is 6. The summed E-state index contributed by atoms with van der Waals surface area (Å²) < 4.78 is 6.70. The number of aryl methyl sites for hydroxylation is 1. The van der Waals surface area contributed by atoms with Crippen LogP contribution in [-0.4, -0.2) is 35.3 Å². The van der Waals surface area contributed by atoms with Crippen LogP contribution >= 0.6 is 11.6 Å². The SMILES string of the molecule is COC(=O)c1ccc(C2(NC(=O)c3c(C)nn4c3N(Cc3ccc(Cl)cc3)CC4)CC2)cc1. The van der Waals surface area contributed by atoms with E-state index in [2.05, 4.69) is 15.3 Å². The van der Waals surface area contributed by atoms with Gasteiger partial charge < -0.3 is 15.0 Å². The van der Waals surface area contributed by atoms with Crippen LogP contribution in [0.3, 0.4) is 0 Å². The molecule has 0 saturated heterocycles. The molecular formula is C25H25ClN4O3. The normalized spacial score (nSPS) is 15.8. The number of carbonyl (C=O) groups is 2. The van der Waals surface area contributed by atoms with E-state index in [0.29, 0.717) is 22.7 Å². The van der Waals surface area contributed by atoms with Crippen molar-refractivity contribution in [1.82, 2.24) is 15.1 Å². The second-order valence-corrected chi connectivity index (χ2v) is 9.10. The Hall–Kier alpha value is -3.32. The molecule has 8 heteroatoms. The Kier molecular flexibility index (Phi) is 5.37. The predicted octanol–water partition coefficient (Wildman–Crippen LogP) is 4.07. The number of nitrogens with zero attached hydrogens (tertiary/aromatic N) is 3. The van der Waals surface area contributed by atoms with Gasteiger partial charge in [0, 0.05) is 18.1 Å². The van der Waals surface area contributed by atoms with Gasteiger partial charge in [-0.05, 0) is 55.2 Å². The molecule has 1 N–H and O–H groups in total. The Labute approximate surface area is 197 Å². The topological polar surface area (TPSA) is 76.5 Å². The highest BCUT2D eigenvalue weighted by Crippen LogP contribution is 2.46. The molecule has 170 valence electrons. The van der Waals surface area contributed by atoms with Crippen LogP contribution in [0.5, 0.6) is 0 Å². The number of amides is 1. The average Bonchev–Trinajstić information content (AvgIpc) is 3.39. The summed E-state index contributed by atoms with van der Waals surface area (Å²) in [6, 6.07) is 15.0. The highest BCUT2D eigenvalue weighted by Gasteiger charge is 2.46. The zero-order valence-electron chi connectivity index (χ0n) is 18.6. The van der Waals surface area contributed by atoms with E-state index < -0.39 is 5.54 Å². The van der Waals surface area contributed by atoms with Crippen LogP contribution in [0.25, 0.3) is 0 Å². The molecule has 1 fully saturated rings. The number of methoxy groups -OCH3 is 1. The summed E-state index contributed by atoms with van der Waals surface area (Å²) in [4.78, 5) is 27.4. The number of ether oxygens (including phenoxy) is 1. The third-order valence-corrected chi connectivity index (χ3v) is 6.71. The average molecular weight is 465 g/mol. The number of esters is 1. The predicted molar refractivity (Wildman–Crippen MR) is 126 cm³/mol. The molecule has 7 nitrogen and oxygen atoms in total. The lowest BCUT2D eigenvalue weighted by Crippen LogP contribution is -2.36. The van der Waals surface area contributed by atoms with E-state index in [9.17, 15) is 9.59 Å². The molecule has 5 rings (SSSR count). The quantitative estimate of drug-likeness (QED) is 0.556. The molecule has 1 aliphatic heterocycles. The van der Waals surface area contributed by atoms with Gasteiger partial charge in [0.15, 0.2) is 0 Å². The van der Waals surface area contributed by atoms with Crippen molar-refractivity contribution in [2.24, 2.45) is 0 Å².